The average Bonchev–Trinajstić information content (AvgIpc) is 3.44. The van der Waals surface area contributed by atoms with E-state index in [0.717, 1.165) is 26.5 Å². The van der Waals surface area contributed by atoms with Crippen molar-refractivity contribution in [2.75, 3.05) is 6.61 Å². The Bertz CT molecular complexity index is 1400. The number of aryl methyl sites for hydroxylation is 1. The second-order valence-electron chi connectivity index (χ2n) is 7.53. The molecule has 1 aliphatic rings. The number of aromatic nitrogens is 4. The Morgan fingerprint density at radius 1 is 1.20 bits per heavy atom. The molecule has 0 saturated heterocycles. The van der Waals surface area contributed by atoms with Crippen LogP contribution in [0.5, 0.6) is 0 Å². The third kappa shape index (κ3) is 2.57. The van der Waals surface area contributed by atoms with Gasteiger partial charge in [-0.15, -0.1) is 11.3 Å². The first-order valence-electron chi connectivity index (χ1n) is 9.55. The first-order chi connectivity index (χ1) is 14.4. The molecule has 0 bridgehead atoms. The highest BCUT2D eigenvalue weighted by molar-refractivity contribution is 7.10. The lowest BCUT2D eigenvalue weighted by Gasteiger charge is -2.15. The van der Waals surface area contributed by atoms with Crippen molar-refractivity contribution in [3.05, 3.63) is 72.4 Å². The van der Waals surface area contributed by atoms with Gasteiger partial charge < -0.3 is 9.67 Å². The second-order valence-corrected chi connectivity index (χ2v) is 8.81. The zero-order valence-corrected chi connectivity index (χ0v) is 17.9. The van der Waals surface area contributed by atoms with E-state index in [-0.39, 0.29) is 29.8 Å². The Hall–Kier alpha value is -2.68. The standard InChI is InChI=1S/C21H19ClN4O3S/c1-24-18-15(20(28)25(2)21(24)29)16(11-6-4-3-5-7-11)26-12(9-27)8-13(17(18)26)19-23-14(22)10-30-19/h3-7,10,12-13,27H,8-9H2,1-2H3/t12-,13+/m0/s1. The van der Waals surface area contributed by atoms with E-state index in [4.69, 9.17) is 11.6 Å². The number of nitrogens with zero attached hydrogens (tertiary/aromatic N) is 4. The highest BCUT2D eigenvalue weighted by atomic mass is 35.5. The van der Waals surface area contributed by atoms with Gasteiger partial charge in [-0.1, -0.05) is 41.9 Å². The second kappa shape index (κ2) is 6.94. The fraction of sp³-hybridized carbons (Fsp3) is 0.286. The van der Waals surface area contributed by atoms with Gasteiger partial charge in [0.25, 0.3) is 5.56 Å². The van der Waals surface area contributed by atoms with Gasteiger partial charge in [0.2, 0.25) is 0 Å². The maximum Gasteiger partial charge on any atom is 0.331 e. The Kier molecular flexibility index (Phi) is 4.46. The van der Waals surface area contributed by atoms with Gasteiger partial charge in [-0.2, -0.15) is 0 Å². The molecule has 0 amide bonds. The number of aliphatic hydroxyl groups excluding tert-OH is 1. The molecule has 3 aromatic heterocycles. The number of hydrogen-bond acceptors (Lipinski definition) is 5. The number of benzene rings is 1. The molecular weight excluding hydrogens is 424 g/mol. The highest BCUT2D eigenvalue weighted by Gasteiger charge is 2.40. The largest absolute Gasteiger partial charge is 0.394 e. The smallest absolute Gasteiger partial charge is 0.331 e. The summed E-state index contributed by atoms with van der Waals surface area (Å²) in [6.45, 7) is -0.0856. The number of hydrogen-bond donors (Lipinski definition) is 1. The van der Waals surface area contributed by atoms with Crippen LogP contribution in [0.2, 0.25) is 5.15 Å². The fourth-order valence-corrected chi connectivity index (χ4v) is 5.66. The molecule has 154 valence electrons. The van der Waals surface area contributed by atoms with Crippen molar-refractivity contribution >= 4 is 33.8 Å². The summed E-state index contributed by atoms with van der Waals surface area (Å²) in [5, 5.41) is 13.7. The van der Waals surface area contributed by atoms with Gasteiger partial charge in [-0.25, -0.2) is 9.78 Å². The van der Waals surface area contributed by atoms with Crippen molar-refractivity contribution < 1.29 is 5.11 Å². The van der Waals surface area contributed by atoms with Gasteiger partial charge in [0.05, 0.1) is 40.9 Å². The summed E-state index contributed by atoms with van der Waals surface area (Å²) < 4.78 is 4.69. The summed E-state index contributed by atoms with van der Waals surface area (Å²) in [5.41, 5.74) is 2.27. The Morgan fingerprint density at radius 2 is 1.93 bits per heavy atom. The molecule has 1 aromatic carbocycles. The number of fused-ring (bicyclic) bond motifs is 3. The average molecular weight is 443 g/mol. The monoisotopic (exact) mass is 442 g/mol. The number of thiazole rings is 1. The molecule has 0 aliphatic carbocycles. The zero-order valence-electron chi connectivity index (χ0n) is 16.4. The summed E-state index contributed by atoms with van der Waals surface area (Å²) in [6.07, 6.45) is 0.620. The third-order valence-electron chi connectivity index (χ3n) is 5.90. The maximum absolute atomic E-state index is 13.3. The molecule has 0 unspecified atom stereocenters. The third-order valence-corrected chi connectivity index (χ3v) is 7.18. The molecule has 0 fully saturated rings. The van der Waals surface area contributed by atoms with Crippen LogP contribution in [0.3, 0.4) is 0 Å². The topological polar surface area (TPSA) is 82.0 Å². The highest BCUT2D eigenvalue weighted by Crippen LogP contribution is 2.49. The molecule has 1 N–H and O–H groups in total. The van der Waals surface area contributed by atoms with Crippen molar-refractivity contribution in [1.82, 2.24) is 18.7 Å². The van der Waals surface area contributed by atoms with Crippen LogP contribution in [0.25, 0.3) is 22.2 Å². The minimum atomic E-state index is -0.385. The minimum Gasteiger partial charge on any atom is -0.394 e. The van der Waals surface area contributed by atoms with Crippen LogP contribution in [0.15, 0.2) is 45.3 Å². The Morgan fingerprint density at radius 3 is 2.57 bits per heavy atom. The molecule has 0 saturated carbocycles. The van der Waals surface area contributed by atoms with Crippen molar-refractivity contribution in [3.63, 3.8) is 0 Å². The molecule has 4 heterocycles. The first kappa shape index (κ1) is 19.3. The molecule has 9 heteroatoms. The summed E-state index contributed by atoms with van der Waals surface area (Å²) in [6, 6.07) is 9.37. The Balaban J connectivity index is 1.99. The van der Waals surface area contributed by atoms with Crippen LogP contribution in [0.1, 0.15) is 29.1 Å². The lowest BCUT2D eigenvalue weighted by molar-refractivity contribution is 0.232. The van der Waals surface area contributed by atoms with E-state index >= 15 is 0 Å². The van der Waals surface area contributed by atoms with Crippen molar-refractivity contribution in [2.24, 2.45) is 14.1 Å². The summed E-state index contributed by atoms with van der Waals surface area (Å²) in [5.74, 6) is -0.169. The van der Waals surface area contributed by atoms with Gasteiger partial charge >= 0.3 is 5.69 Å². The number of rotatable bonds is 3. The van der Waals surface area contributed by atoms with E-state index in [9.17, 15) is 14.7 Å². The summed E-state index contributed by atoms with van der Waals surface area (Å²) in [7, 11) is 3.17. The van der Waals surface area contributed by atoms with Gasteiger partial charge in [-0.05, 0) is 12.0 Å². The maximum atomic E-state index is 13.3. The van der Waals surface area contributed by atoms with Crippen LogP contribution >= 0.6 is 22.9 Å². The van der Waals surface area contributed by atoms with Crippen LogP contribution in [-0.4, -0.2) is 30.4 Å². The van der Waals surface area contributed by atoms with Gasteiger partial charge in [-0.3, -0.25) is 13.9 Å². The zero-order chi connectivity index (χ0) is 21.2. The predicted octanol–water partition coefficient (Wildman–Crippen LogP) is 2.88. The summed E-state index contributed by atoms with van der Waals surface area (Å²) >= 11 is 7.54. The minimum absolute atomic E-state index is 0.0856. The van der Waals surface area contributed by atoms with Crippen molar-refractivity contribution in [1.29, 1.82) is 0 Å². The molecule has 0 spiro atoms. The van der Waals surface area contributed by atoms with E-state index in [2.05, 4.69) is 4.98 Å². The van der Waals surface area contributed by atoms with Gasteiger partial charge in [0, 0.05) is 19.5 Å². The van der Waals surface area contributed by atoms with Crippen LogP contribution in [0, 0.1) is 0 Å². The molecule has 0 radical (unpaired) electrons. The fourth-order valence-electron chi connectivity index (χ4n) is 4.59. The van der Waals surface area contributed by atoms with E-state index in [1.807, 2.05) is 34.9 Å². The molecule has 2 atom stereocenters. The lowest BCUT2D eigenvalue weighted by Crippen LogP contribution is -2.37. The lowest BCUT2D eigenvalue weighted by atomic mass is 10.00. The normalized spacial score (nSPS) is 18.3. The molecular formula is C21H19ClN4O3S. The first-order valence-corrected chi connectivity index (χ1v) is 10.8. The number of halogens is 1. The van der Waals surface area contributed by atoms with E-state index in [1.54, 1.807) is 12.4 Å². The van der Waals surface area contributed by atoms with E-state index in [1.165, 1.54) is 23.0 Å². The van der Waals surface area contributed by atoms with Crippen LogP contribution in [0.4, 0.5) is 0 Å². The number of aliphatic hydroxyl groups is 1. The van der Waals surface area contributed by atoms with E-state index < -0.39 is 0 Å². The molecule has 5 rings (SSSR count). The molecule has 30 heavy (non-hydrogen) atoms. The van der Waals surface area contributed by atoms with Crippen LogP contribution < -0.4 is 11.2 Å². The van der Waals surface area contributed by atoms with Crippen molar-refractivity contribution in [3.8, 4) is 11.3 Å². The van der Waals surface area contributed by atoms with Crippen molar-refractivity contribution in [2.45, 2.75) is 18.4 Å². The Labute approximate surface area is 180 Å². The van der Waals surface area contributed by atoms with Crippen LogP contribution in [-0.2, 0) is 14.1 Å². The molecule has 4 aromatic rings. The van der Waals surface area contributed by atoms with Gasteiger partial charge in [0.1, 0.15) is 10.2 Å². The van der Waals surface area contributed by atoms with E-state index in [0.29, 0.717) is 22.5 Å². The predicted molar refractivity (Wildman–Crippen MR) is 118 cm³/mol. The molecule has 7 nitrogen and oxygen atoms in total. The quantitative estimate of drug-likeness (QED) is 0.529. The SMILES string of the molecule is Cn1c(=O)c2c(-c3ccccc3)n3c(c2n(C)c1=O)[C@H](c1nc(Cl)cs1)C[C@H]3CO. The molecule has 1 aliphatic heterocycles. The summed E-state index contributed by atoms with van der Waals surface area (Å²) in [4.78, 5) is 30.5. The van der Waals surface area contributed by atoms with Gasteiger partial charge in [0.15, 0.2) is 0 Å².